The Balaban J connectivity index is 2.45. The van der Waals surface area contributed by atoms with E-state index in [4.69, 9.17) is 11.6 Å². The summed E-state index contributed by atoms with van der Waals surface area (Å²) < 4.78 is 0. The van der Waals surface area contributed by atoms with Gasteiger partial charge in [-0.05, 0) is 49.7 Å². The van der Waals surface area contributed by atoms with Crippen molar-refractivity contribution >= 4 is 29.3 Å². The van der Waals surface area contributed by atoms with Crippen molar-refractivity contribution in [1.29, 1.82) is 0 Å². The Hall–Kier alpha value is -1.80. The predicted molar refractivity (Wildman–Crippen MR) is 80.7 cm³/mol. The molecule has 0 saturated heterocycles. The Morgan fingerprint density at radius 3 is 2.58 bits per heavy atom. The van der Waals surface area contributed by atoms with E-state index in [0.717, 1.165) is 24.2 Å². The second kappa shape index (κ2) is 5.89. The fourth-order valence-corrected chi connectivity index (χ4v) is 2.39. The number of carbonyl (C=O) groups excluding carboxylic acids is 1. The van der Waals surface area contributed by atoms with E-state index in [2.05, 4.69) is 36.9 Å². The van der Waals surface area contributed by atoms with Crippen molar-refractivity contribution in [2.75, 3.05) is 11.4 Å². The van der Waals surface area contributed by atoms with Gasteiger partial charge in [-0.25, -0.2) is 0 Å². The molecule has 2 aromatic carbocycles. The van der Waals surface area contributed by atoms with Crippen LogP contribution in [0.3, 0.4) is 0 Å². The number of nitrogens with zero attached hydrogens (tertiary/aromatic N) is 1. The lowest BCUT2D eigenvalue weighted by molar-refractivity contribution is 0.112. The third-order valence-corrected chi connectivity index (χ3v) is 3.33. The zero-order valence-corrected chi connectivity index (χ0v) is 11.8. The molecule has 0 saturated carbocycles. The second-order valence-electron chi connectivity index (χ2n) is 4.41. The minimum atomic E-state index is 0.591. The molecular formula is C16H16ClNO. The molecule has 98 valence electrons. The average molecular weight is 274 g/mol. The van der Waals surface area contributed by atoms with Gasteiger partial charge in [0.2, 0.25) is 0 Å². The Morgan fingerprint density at radius 1 is 1.21 bits per heavy atom. The molecule has 0 aliphatic carbocycles. The van der Waals surface area contributed by atoms with E-state index in [1.165, 1.54) is 5.56 Å². The average Bonchev–Trinajstić information content (AvgIpc) is 2.41. The smallest absolute Gasteiger partial charge is 0.150 e. The quantitative estimate of drug-likeness (QED) is 0.758. The first-order valence-electron chi connectivity index (χ1n) is 6.24. The highest BCUT2D eigenvalue weighted by atomic mass is 35.5. The monoisotopic (exact) mass is 273 g/mol. The third kappa shape index (κ3) is 2.96. The van der Waals surface area contributed by atoms with Crippen LogP contribution in [0.25, 0.3) is 0 Å². The van der Waals surface area contributed by atoms with Crippen LogP contribution in [0.5, 0.6) is 0 Å². The summed E-state index contributed by atoms with van der Waals surface area (Å²) in [5.74, 6) is 0. The Labute approximate surface area is 118 Å². The molecule has 2 nitrogen and oxygen atoms in total. The first-order chi connectivity index (χ1) is 9.15. The van der Waals surface area contributed by atoms with Crippen molar-refractivity contribution in [3.8, 4) is 0 Å². The van der Waals surface area contributed by atoms with Crippen molar-refractivity contribution in [1.82, 2.24) is 0 Å². The molecule has 0 amide bonds. The maximum absolute atomic E-state index is 10.8. The Morgan fingerprint density at radius 2 is 2.00 bits per heavy atom. The van der Waals surface area contributed by atoms with E-state index in [1.807, 2.05) is 12.1 Å². The van der Waals surface area contributed by atoms with Crippen LogP contribution in [0.4, 0.5) is 11.4 Å². The van der Waals surface area contributed by atoms with Crippen LogP contribution >= 0.6 is 11.6 Å². The number of anilines is 2. The van der Waals surface area contributed by atoms with E-state index >= 15 is 0 Å². The number of carbonyl (C=O) groups is 1. The van der Waals surface area contributed by atoms with Crippen LogP contribution in [0.2, 0.25) is 5.02 Å². The van der Waals surface area contributed by atoms with Crippen molar-refractivity contribution < 1.29 is 4.79 Å². The highest BCUT2D eigenvalue weighted by Crippen LogP contribution is 2.32. The van der Waals surface area contributed by atoms with Gasteiger partial charge in [-0.3, -0.25) is 4.79 Å². The molecule has 0 unspecified atom stereocenters. The molecule has 0 aliphatic rings. The molecule has 0 spiro atoms. The van der Waals surface area contributed by atoms with Gasteiger partial charge in [0.15, 0.2) is 0 Å². The molecule has 0 radical (unpaired) electrons. The zero-order valence-electron chi connectivity index (χ0n) is 11.1. The maximum Gasteiger partial charge on any atom is 0.150 e. The largest absolute Gasteiger partial charge is 0.341 e. The first-order valence-corrected chi connectivity index (χ1v) is 6.62. The van der Waals surface area contributed by atoms with Crippen LogP contribution in [0.15, 0.2) is 42.5 Å². The highest BCUT2D eigenvalue weighted by Gasteiger charge is 2.11. The number of rotatable bonds is 4. The Kier molecular flexibility index (Phi) is 4.23. The Bertz CT molecular complexity index is 595. The summed E-state index contributed by atoms with van der Waals surface area (Å²) in [6, 6.07) is 13.6. The van der Waals surface area contributed by atoms with Crippen molar-refractivity contribution in [2.24, 2.45) is 0 Å². The number of benzene rings is 2. The minimum absolute atomic E-state index is 0.591. The van der Waals surface area contributed by atoms with Crippen LogP contribution in [-0.4, -0.2) is 12.8 Å². The number of hydrogen-bond acceptors (Lipinski definition) is 2. The van der Waals surface area contributed by atoms with Crippen LogP contribution in [0.1, 0.15) is 22.8 Å². The number of hydrogen-bond donors (Lipinski definition) is 0. The number of halogens is 1. The summed E-state index contributed by atoms with van der Waals surface area (Å²) in [4.78, 5) is 12.9. The van der Waals surface area contributed by atoms with Gasteiger partial charge in [0.05, 0.1) is 10.7 Å². The van der Waals surface area contributed by atoms with Gasteiger partial charge in [0.25, 0.3) is 0 Å². The SMILES string of the molecule is CCN(c1cccc(C)c1)c1ccc(C=O)cc1Cl. The topological polar surface area (TPSA) is 20.3 Å². The lowest BCUT2D eigenvalue weighted by Crippen LogP contribution is -2.16. The lowest BCUT2D eigenvalue weighted by atomic mass is 10.1. The third-order valence-electron chi connectivity index (χ3n) is 3.03. The molecule has 2 aromatic rings. The molecule has 0 N–H and O–H groups in total. The van der Waals surface area contributed by atoms with Crippen molar-refractivity contribution in [2.45, 2.75) is 13.8 Å². The van der Waals surface area contributed by atoms with E-state index in [9.17, 15) is 4.79 Å². The van der Waals surface area contributed by atoms with Crippen LogP contribution in [-0.2, 0) is 0 Å². The van der Waals surface area contributed by atoms with E-state index in [0.29, 0.717) is 10.6 Å². The predicted octanol–water partition coefficient (Wildman–Crippen LogP) is 4.62. The highest BCUT2D eigenvalue weighted by molar-refractivity contribution is 6.33. The molecule has 3 heteroatoms. The lowest BCUT2D eigenvalue weighted by Gasteiger charge is -2.25. The molecule has 2 rings (SSSR count). The second-order valence-corrected chi connectivity index (χ2v) is 4.82. The molecule has 19 heavy (non-hydrogen) atoms. The summed E-state index contributed by atoms with van der Waals surface area (Å²) in [6.07, 6.45) is 0.804. The zero-order chi connectivity index (χ0) is 13.8. The molecular weight excluding hydrogens is 258 g/mol. The summed E-state index contributed by atoms with van der Waals surface area (Å²) in [6.45, 7) is 4.95. The van der Waals surface area contributed by atoms with E-state index < -0.39 is 0 Å². The van der Waals surface area contributed by atoms with Gasteiger partial charge in [-0.15, -0.1) is 0 Å². The minimum Gasteiger partial charge on any atom is -0.341 e. The van der Waals surface area contributed by atoms with Crippen molar-refractivity contribution in [3.05, 3.63) is 58.6 Å². The van der Waals surface area contributed by atoms with Crippen LogP contribution < -0.4 is 4.90 Å². The normalized spacial score (nSPS) is 10.3. The van der Waals surface area contributed by atoms with Crippen molar-refractivity contribution in [3.63, 3.8) is 0 Å². The summed E-state index contributed by atoms with van der Waals surface area (Å²) in [5, 5.41) is 0.591. The summed E-state index contributed by atoms with van der Waals surface area (Å²) in [5.41, 5.74) is 3.81. The maximum atomic E-state index is 10.8. The van der Waals surface area contributed by atoms with Gasteiger partial charge >= 0.3 is 0 Å². The van der Waals surface area contributed by atoms with Gasteiger partial charge in [0.1, 0.15) is 6.29 Å². The number of aldehydes is 1. The molecule has 0 heterocycles. The molecule has 0 aromatic heterocycles. The summed E-state index contributed by atoms with van der Waals surface area (Å²) >= 11 is 6.27. The van der Waals surface area contributed by atoms with E-state index in [1.54, 1.807) is 12.1 Å². The standard InChI is InChI=1S/C16H16ClNO/c1-3-18(14-6-4-5-12(2)9-14)16-8-7-13(11-19)10-15(16)17/h4-11H,3H2,1-2H3. The molecule has 0 bridgehead atoms. The molecule has 0 atom stereocenters. The number of aryl methyl sites for hydroxylation is 1. The summed E-state index contributed by atoms with van der Waals surface area (Å²) in [7, 11) is 0. The molecule has 0 fully saturated rings. The van der Waals surface area contributed by atoms with Gasteiger partial charge in [-0.2, -0.15) is 0 Å². The molecule has 0 aliphatic heterocycles. The van der Waals surface area contributed by atoms with Gasteiger partial charge in [-0.1, -0.05) is 23.7 Å². The van der Waals surface area contributed by atoms with Crippen LogP contribution in [0, 0.1) is 6.92 Å². The van der Waals surface area contributed by atoms with Gasteiger partial charge in [0, 0.05) is 17.8 Å². The fourth-order valence-electron chi connectivity index (χ4n) is 2.10. The first kappa shape index (κ1) is 13.6. The van der Waals surface area contributed by atoms with Gasteiger partial charge < -0.3 is 4.90 Å². The fraction of sp³-hybridized carbons (Fsp3) is 0.188. The van der Waals surface area contributed by atoms with E-state index in [-0.39, 0.29) is 0 Å².